The van der Waals surface area contributed by atoms with Crippen molar-refractivity contribution in [2.75, 3.05) is 0 Å². The Hall–Kier alpha value is -0.710. The molecule has 0 aromatic heterocycles. The van der Waals surface area contributed by atoms with Gasteiger partial charge in [-0.15, -0.1) is 0 Å². The third-order valence-electron chi connectivity index (χ3n) is 2.63. The fraction of sp³-hybridized carbons (Fsp3) is 0.889. The Balaban J connectivity index is 2.32. The lowest BCUT2D eigenvalue weighted by Gasteiger charge is -2.30. The number of carbonyl (C=O) groups is 1. The van der Waals surface area contributed by atoms with Crippen molar-refractivity contribution in [3.8, 4) is 0 Å². The summed E-state index contributed by atoms with van der Waals surface area (Å²) in [5, 5.41) is 2.95. The number of hydrogen-bond acceptors (Lipinski definition) is 2. The third-order valence-corrected chi connectivity index (χ3v) is 2.63. The van der Waals surface area contributed by atoms with Crippen LogP contribution in [0.4, 0.5) is 8.78 Å². The van der Waals surface area contributed by atoms with Gasteiger partial charge < -0.3 is 11.1 Å². The molecule has 1 aliphatic rings. The molecule has 3 nitrogen and oxygen atoms in total. The lowest BCUT2D eigenvalue weighted by Crippen LogP contribution is -2.46. The first-order valence-electron chi connectivity index (χ1n) is 4.84. The maximum absolute atomic E-state index is 12.8. The molecule has 0 heterocycles. The van der Waals surface area contributed by atoms with Crippen LogP contribution in [0.2, 0.25) is 0 Å². The van der Waals surface area contributed by atoms with E-state index in [2.05, 4.69) is 5.32 Å². The molecule has 82 valence electrons. The van der Waals surface area contributed by atoms with E-state index in [1.807, 2.05) is 0 Å². The number of nitrogens with one attached hydrogen (secondary N) is 1. The molecule has 1 rings (SSSR count). The molecule has 5 heteroatoms. The van der Waals surface area contributed by atoms with Crippen molar-refractivity contribution >= 4 is 5.91 Å². The molecule has 3 N–H and O–H groups in total. The van der Waals surface area contributed by atoms with Crippen LogP contribution in [0.15, 0.2) is 0 Å². The van der Waals surface area contributed by atoms with E-state index in [-0.39, 0.29) is 18.9 Å². The van der Waals surface area contributed by atoms with Gasteiger partial charge in [0.25, 0.3) is 0 Å². The monoisotopic (exact) mass is 206 g/mol. The van der Waals surface area contributed by atoms with Crippen molar-refractivity contribution in [3.63, 3.8) is 0 Å². The van der Waals surface area contributed by atoms with Crippen molar-refractivity contribution in [1.82, 2.24) is 5.32 Å². The molecule has 0 bridgehead atoms. The Labute approximate surface area is 82.0 Å². The van der Waals surface area contributed by atoms with Crippen LogP contribution in [-0.4, -0.2) is 23.9 Å². The van der Waals surface area contributed by atoms with Gasteiger partial charge in [-0.05, 0) is 19.8 Å². The van der Waals surface area contributed by atoms with E-state index in [9.17, 15) is 13.6 Å². The van der Waals surface area contributed by atoms with E-state index in [4.69, 9.17) is 5.73 Å². The first kappa shape index (κ1) is 11.4. The van der Waals surface area contributed by atoms with Gasteiger partial charge in [0.2, 0.25) is 11.8 Å². The van der Waals surface area contributed by atoms with Gasteiger partial charge in [-0.2, -0.15) is 0 Å². The van der Waals surface area contributed by atoms with E-state index in [0.29, 0.717) is 12.8 Å². The molecule has 0 saturated heterocycles. The van der Waals surface area contributed by atoms with Crippen molar-refractivity contribution < 1.29 is 13.6 Å². The van der Waals surface area contributed by atoms with Gasteiger partial charge in [0.15, 0.2) is 0 Å². The topological polar surface area (TPSA) is 55.1 Å². The Kier molecular flexibility index (Phi) is 3.42. The Bertz CT molecular complexity index is 211. The molecule has 1 atom stereocenters. The SMILES string of the molecule is CC(NC1CCC(F)(F)CC1)C(N)=O. The molecule has 1 saturated carbocycles. The fourth-order valence-electron chi connectivity index (χ4n) is 1.64. The quantitative estimate of drug-likeness (QED) is 0.724. The third kappa shape index (κ3) is 3.21. The minimum Gasteiger partial charge on any atom is -0.368 e. The van der Waals surface area contributed by atoms with Crippen molar-refractivity contribution in [2.24, 2.45) is 5.73 Å². The number of rotatable bonds is 3. The lowest BCUT2D eigenvalue weighted by molar-refractivity contribution is -0.120. The van der Waals surface area contributed by atoms with Crippen molar-refractivity contribution in [1.29, 1.82) is 0 Å². The zero-order chi connectivity index (χ0) is 10.8. The number of amides is 1. The fourth-order valence-corrected chi connectivity index (χ4v) is 1.64. The van der Waals surface area contributed by atoms with Crippen molar-refractivity contribution in [2.45, 2.75) is 50.6 Å². The summed E-state index contributed by atoms with van der Waals surface area (Å²) in [7, 11) is 0. The second-order valence-corrected chi connectivity index (χ2v) is 3.92. The summed E-state index contributed by atoms with van der Waals surface area (Å²) < 4.78 is 25.5. The average Bonchev–Trinajstić information content (AvgIpc) is 2.08. The van der Waals surface area contributed by atoms with Crippen LogP contribution in [-0.2, 0) is 4.79 Å². The number of alkyl halides is 2. The average molecular weight is 206 g/mol. The van der Waals surface area contributed by atoms with Crippen LogP contribution < -0.4 is 11.1 Å². The predicted octanol–water partition coefficient (Wildman–Crippen LogP) is 1.03. The van der Waals surface area contributed by atoms with Crippen LogP contribution in [0.1, 0.15) is 32.6 Å². The molecule has 1 fully saturated rings. The maximum atomic E-state index is 12.8. The number of primary amides is 1. The lowest BCUT2D eigenvalue weighted by atomic mass is 9.92. The minimum atomic E-state index is -2.52. The highest BCUT2D eigenvalue weighted by atomic mass is 19.3. The van der Waals surface area contributed by atoms with Crippen LogP contribution in [0.25, 0.3) is 0 Å². The van der Waals surface area contributed by atoms with Crippen LogP contribution >= 0.6 is 0 Å². The highest BCUT2D eigenvalue weighted by Crippen LogP contribution is 2.33. The van der Waals surface area contributed by atoms with E-state index >= 15 is 0 Å². The van der Waals surface area contributed by atoms with Crippen LogP contribution in [0, 0.1) is 0 Å². The smallest absolute Gasteiger partial charge is 0.248 e. The van der Waals surface area contributed by atoms with E-state index in [1.54, 1.807) is 6.92 Å². The Morgan fingerprint density at radius 3 is 2.43 bits per heavy atom. The Morgan fingerprint density at radius 2 is 2.00 bits per heavy atom. The molecular formula is C9H16F2N2O. The van der Waals surface area contributed by atoms with Gasteiger partial charge in [0.1, 0.15) is 0 Å². The standard InChI is InChI=1S/C9H16F2N2O/c1-6(8(12)14)13-7-2-4-9(10,11)5-3-7/h6-7,13H,2-5H2,1H3,(H2,12,14). The molecule has 0 radical (unpaired) electrons. The van der Waals surface area contributed by atoms with Gasteiger partial charge in [-0.1, -0.05) is 0 Å². The number of carbonyl (C=O) groups excluding carboxylic acids is 1. The molecule has 0 aromatic carbocycles. The molecule has 1 amide bonds. The second kappa shape index (κ2) is 4.21. The van der Waals surface area contributed by atoms with Gasteiger partial charge >= 0.3 is 0 Å². The summed E-state index contributed by atoms with van der Waals surface area (Å²) in [6, 6.07) is -0.441. The highest BCUT2D eigenvalue weighted by molar-refractivity contribution is 5.79. The highest BCUT2D eigenvalue weighted by Gasteiger charge is 2.35. The number of nitrogens with two attached hydrogens (primary N) is 1. The zero-order valence-corrected chi connectivity index (χ0v) is 8.22. The number of halogens is 2. The largest absolute Gasteiger partial charge is 0.368 e. The maximum Gasteiger partial charge on any atom is 0.248 e. The molecule has 0 aliphatic heterocycles. The molecule has 1 aliphatic carbocycles. The second-order valence-electron chi connectivity index (χ2n) is 3.92. The van der Waals surface area contributed by atoms with Gasteiger partial charge in [0.05, 0.1) is 6.04 Å². The predicted molar refractivity (Wildman–Crippen MR) is 49.0 cm³/mol. The molecule has 1 unspecified atom stereocenters. The summed E-state index contributed by atoms with van der Waals surface area (Å²) >= 11 is 0. The normalized spacial score (nSPS) is 24.5. The molecule has 0 spiro atoms. The molecule has 0 aromatic rings. The molecule has 14 heavy (non-hydrogen) atoms. The summed E-state index contributed by atoms with van der Waals surface area (Å²) in [4.78, 5) is 10.7. The first-order chi connectivity index (χ1) is 6.41. The van der Waals surface area contributed by atoms with Gasteiger partial charge in [-0.25, -0.2) is 8.78 Å². The molecular weight excluding hydrogens is 190 g/mol. The summed E-state index contributed by atoms with van der Waals surface area (Å²) in [6.45, 7) is 1.65. The van der Waals surface area contributed by atoms with Crippen LogP contribution in [0.5, 0.6) is 0 Å². The van der Waals surface area contributed by atoms with E-state index < -0.39 is 17.9 Å². The van der Waals surface area contributed by atoms with Gasteiger partial charge in [-0.3, -0.25) is 4.79 Å². The summed E-state index contributed by atoms with van der Waals surface area (Å²) in [5.74, 6) is -2.96. The minimum absolute atomic E-state index is 0.00266. The summed E-state index contributed by atoms with van der Waals surface area (Å²) in [6.07, 6.45) is 0.613. The first-order valence-corrected chi connectivity index (χ1v) is 4.84. The van der Waals surface area contributed by atoms with Gasteiger partial charge in [0, 0.05) is 18.9 Å². The van der Waals surface area contributed by atoms with E-state index in [1.165, 1.54) is 0 Å². The van der Waals surface area contributed by atoms with Crippen molar-refractivity contribution in [3.05, 3.63) is 0 Å². The number of hydrogen-bond donors (Lipinski definition) is 2. The van der Waals surface area contributed by atoms with Crippen LogP contribution in [0.3, 0.4) is 0 Å². The summed E-state index contributed by atoms with van der Waals surface area (Å²) in [5.41, 5.74) is 5.06. The Morgan fingerprint density at radius 1 is 1.50 bits per heavy atom. The van der Waals surface area contributed by atoms with E-state index in [0.717, 1.165) is 0 Å². The zero-order valence-electron chi connectivity index (χ0n) is 8.22.